The summed E-state index contributed by atoms with van der Waals surface area (Å²) in [5.41, 5.74) is 18.4. The largest absolute Gasteiger partial charge is 0.368 e. The van der Waals surface area contributed by atoms with Gasteiger partial charge in [-0.25, -0.2) is 29.9 Å². The van der Waals surface area contributed by atoms with Crippen molar-refractivity contribution in [1.82, 2.24) is 85.0 Å². The Morgan fingerprint density at radius 3 is 1.45 bits per heavy atom. The maximum absolute atomic E-state index is 12.8. The number of amides is 3. The second-order valence-electron chi connectivity index (χ2n) is 24.8. The third-order valence-corrected chi connectivity index (χ3v) is 18.9. The Bertz CT molecular complexity index is 4790. The van der Waals surface area contributed by atoms with Gasteiger partial charge < -0.3 is 62.1 Å². The molecule has 8 N–H and O–H groups in total. The molecule has 98 heavy (non-hydrogen) atoms. The van der Waals surface area contributed by atoms with E-state index in [1.165, 1.54) is 0 Å². The van der Waals surface area contributed by atoms with E-state index >= 15 is 0 Å². The molecule has 18 rings (SSSR count). The highest BCUT2D eigenvalue weighted by Gasteiger charge is 2.31. The van der Waals surface area contributed by atoms with Gasteiger partial charge in [0.2, 0.25) is 0 Å². The predicted molar refractivity (Wildman–Crippen MR) is 379 cm³/mol. The summed E-state index contributed by atoms with van der Waals surface area (Å²) in [7, 11) is 4.03. The van der Waals surface area contributed by atoms with Gasteiger partial charge in [-0.2, -0.15) is 5.10 Å². The monoisotopic (exact) mass is 1310 g/mol. The zero-order chi connectivity index (χ0) is 66.2. The highest BCUT2D eigenvalue weighted by Crippen LogP contribution is 2.40. The van der Waals surface area contributed by atoms with Gasteiger partial charge in [-0.15, -0.1) is 0 Å². The van der Waals surface area contributed by atoms with Crippen LogP contribution in [0.4, 0.5) is 51.6 Å². The van der Waals surface area contributed by atoms with E-state index in [2.05, 4.69) is 128 Å². The Labute approximate surface area is 563 Å². The third kappa shape index (κ3) is 11.9. The second kappa shape index (κ2) is 26.4. The average molecular weight is 1310 g/mol. The molecule has 6 aliphatic heterocycles. The van der Waals surface area contributed by atoms with Crippen LogP contribution in [0, 0.1) is 0 Å². The summed E-state index contributed by atoms with van der Waals surface area (Å²) in [6.07, 6.45) is 18.6. The van der Waals surface area contributed by atoms with Crippen molar-refractivity contribution in [2.75, 3.05) is 116 Å². The maximum Gasteiger partial charge on any atom is 0.254 e. The van der Waals surface area contributed by atoms with Gasteiger partial charge in [0.15, 0.2) is 5.65 Å². The molecule has 26 heteroatoms. The summed E-state index contributed by atoms with van der Waals surface area (Å²) in [5, 5.41) is 30.9. The van der Waals surface area contributed by atoms with Crippen LogP contribution in [0.2, 0.25) is 0 Å². The van der Waals surface area contributed by atoms with Crippen molar-refractivity contribution in [3.8, 4) is 33.8 Å². The fourth-order valence-electron chi connectivity index (χ4n) is 13.7. The molecule has 16 heterocycles. The summed E-state index contributed by atoms with van der Waals surface area (Å²) in [5.74, 6) is 1.84. The number of hydrogen-bond acceptors (Lipinski definition) is 20. The van der Waals surface area contributed by atoms with Gasteiger partial charge in [0.1, 0.15) is 28.7 Å². The fourth-order valence-corrected chi connectivity index (χ4v) is 13.7. The van der Waals surface area contributed by atoms with Gasteiger partial charge in [-0.05, 0) is 108 Å². The number of nitrogens with zero attached hydrogens (tertiary/aromatic N) is 15. The molecular weight excluding hydrogens is 1230 g/mol. The van der Waals surface area contributed by atoms with Crippen molar-refractivity contribution in [3.63, 3.8) is 0 Å². The lowest BCUT2D eigenvalue weighted by molar-refractivity contribution is 0.0958. The molecule has 3 amide bonds. The first-order valence-corrected chi connectivity index (χ1v) is 33.0. The number of likely N-dealkylation sites (N-methyl/N-ethyl adjacent to an activating group) is 1. The van der Waals surface area contributed by atoms with Crippen molar-refractivity contribution in [2.45, 2.75) is 19.6 Å². The molecule has 0 unspecified atom stereocenters. The van der Waals surface area contributed by atoms with Crippen LogP contribution in [0.3, 0.4) is 0 Å². The fraction of sp³-hybridized carbons (Fsp3) is 0.236. The van der Waals surface area contributed by atoms with Crippen LogP contribution in [0.25, 0.3) is 56.1 Å². The molecule has 3 saturated heterocycles. The number of imidazole rings is 2. The maximum atomic E-state index is 12.8. The average Bonchev–Trinajstić information content (AvgIpc) is 1.54. The van der Waals surface area contributed by atoms with Crippen LogP contribution >= 0.6 is 0 Å². The van der Waals surface area contributed by atoms with E-state index in [1.54, 1.807) is 23.3 Å². The number of hydrogen-bond donors (Lipinski definition) is 8. The Balaban J connectivity index is 0.000000115. The molecule has 0 radical (unpaired) electrons. The van der Waals surface area contributed by atoms with E-state index in [0.717, 1.165) is 180 Å². The molecular formula is C72H71N23O3. The Kier molecular flexibility index (Phi) is 16.4. The van der Waals surface area contributed by atoms with Crippen LogP contribution in [-0.4, -0.2) is 162 Å². The highest BCUT2D eigenvalue weighted by molar-refractivity contribution is 6.08. The van der Waals surface area contributed by atoms with E-state index in [0.29, 0.717) is 59.5 Å². The molecule has 492 valence electrons. The number of carbonyl (C=O) groups excluding carboxylic acids is 3. The normalized spacial score (nSPS) is 15.8. The van der Waals surface area contributed by atoms with Crippen LogP contribution in [0.5, 0.6) is 0 Å². The minimum absolute atomic E-state index is 0.0735. The topological polar surface area (TPSA) is 277 Å². The molecule has 2 aromatic carbocycles. The summed E-state index contributed by atoms with van der Waals surface area (Å²) >= 11 is 0. The van der Waals surface area contributed by atoms with Crippen molar-refractivity contribution in [2.24, 2.45) is 7.05 Å². The molecule has 0 spiro atoms. The number of piperazine rings is 3. The first kappa shape index (κ1) is 61.0. The van der Waals surface area contributed by atoms with Crippen molar-refractivity contribution < 1.29 is 14.4 Å². The van der Waals surface area contributed by atoms with Crippen molar-refractivity contribution in [3.05, 3.63) is 198 Å². The smallest absolute Gasteiger partial charge is 0.254 e. The van der Waals surface area contributed by atoms with E-state index < -0.39 is 0 Å². The van der Waals surface area contributed by atoms with Gasteiger partial charge in [-0.3, -0.25) is 32.9 Å². The molecule has 6 aliphatic rings. The minimum atomic E-state index is -0.114. The Morgan fingerprint density at radius 2 is 0.898 bits per heavy atom. The molecule has 26 nitrogen and oxygen atoms in total. The van der Waals surface area contributed by atoms with Gasteiger partial charge in [0, 0.05) is 140 Å². The Morgan fingerprint density at radius 1 is 0.408 bits per heavy atom. The quantitative estimate of drug-likeness (QED) is 0.0580. The number of pyridine rings is 7. The van der Waals surface area contributed by atoms with Crippen LogP contribution in [-0.2, 0) is 26.7 Å². The lowest BCUT2D eigenvalue weighted by atomic mass is 9.94. The first-order chi connectivity index (χ1) is 48.1. The van der Waals surface area contributed by atoms with Gasteiger partial charge in [0.25, 0.3) is 17.7 Å². The van der Waals surface area contributed by atoms with Crippen molar-refractivity contribution >= 4 is 91.6 Å². The second-order valence-corrected chi connectivity index (χ2v) is 24.8. The summed E-state index contributed by atoms with van der Waals surface area (Å²) in [6.45, 7) is 13.3. The van der Waals surface area contributed by atoms with E-state index in [1.807, 2.05) is 138 Å². The molecule has 3 fully saturated rings. The zero-order valence-corrected chi connectivity index (χ0v) is 54.1. The van der Waals surface area contributed by atoms with Crippen LogP contribution in [0.15, 0.2) is 165 Å². The summed E-state index contributed by atoms with van der Waals surface area (Å²) in [6, 6.07) is 33.9. The van der Waals surface area contributed by atoms with Gasteiger partial charge in [0.05, 0.1) is 111 Å². The minimum Gasteiger partial charge on any atom is -0.368 e. The molecule has 0 aliphatic carbocycles. The lowest BCUT2D eigenvalue weighted by Crippen LogP contribution is -2.44. The number of aryl methyl sites for hydroxylation is 1. The zero-order valence-electron chi connectivity index (χ0n) is 54.1. The predicted octanol–water partition coefficient (Wildman–Crippen LogP) is 7.75. The number of fused-ring (bicyclic) bond motifs is 6. The van der Waals surface area contributed by atoms with Crippen molar-refractivity contribution in [1.29, 1.82) is 0 Å². The molecule has 0 bridgehead atoms. The lowest BCUT2D eigenvalue weighted by Gasteiger charge is -2.33. The molecule has 12 aromatic rings. The Hall–Kier alpha value is -11.9. The molecule has 10 aromatic heterocycles. The van der Waals surface area contributed by atoms with E-state index in [4.69, 9.17) is 4.98 Å². The standard InChI is InChI=1S/C25H26N8O.C24H23N7O.C23H22N8O/c1-31-9-11-33(12-10-31)16-3-6-22(27-13-16)30-21-5-4-17(19-14-28-25(34)23(19)21)18-7-8-26-24-20(18)15-29-32(24)2;32-24-23-18(14-28-24)17(20-15-27-22-3-1-2-10-31(20)22)5-6-19(23)29-21-7-4-16(13-26-21)30-11-8-25-9-12-30;32-23-21-16(12-28-23)22(18-14-26-20-3-1-2-8-31(18)20)27-13-17(21)29-19-5-4-15(11-25-19)30-9-6-24-7-10-30/h3-8,13,15H,9-12,14H2,1-2H3,(H,27,30)(H,28,34);1-7,10,13,15,25H,8-9,11-12,14H2,(H,26,29)(H,28,32);1-5,8,11,13-14,24H,6-7,9-10,12H2,(H,25,29)(H,28,32). The molecule has 0 saturated carbocycles. The van der Waals surface area contributed by atoms with Crippen LogP contribution in [0.1, 0.15) is 47.8 Å². The van der Waals surface area contributed by atoms with Gasteiger partial charge >= 0.3 is 0 Å². The highest BCUT2D eigenvalue weighted by atomic mass is 16.2. The number of carbonyl (C=O) groups is 3. The van der Waals surface area contributed by atoms with E-state index in [9.17, 15) is 14.4 Å². The summed E-state index contributed by atoms with van der Waals surface area (Å²) < 4.78 is 5.78. The number of rotatable bonds is 12. The number of anilines is 9. The number of benzene rings is 2. The number of nitrogens with one attached hydrogen (secondary N) is 8. The van der Waals surface area contributed by atoms with Crippen LogP contribution < -0.4 is 57.2 Å². The SMILES string of the molecule is CN1CCN(c2ccc(Nc3ccc(-c4ccnc5c4cnn5C)c4c3C(=O)NC4)nc2)CC1.O=C1NCc2c(-c3cnc4ccccn34)ccc(Nc3ccc(N4CCNCC4)cn3)c21.O=C1NCc2c(-c3cnc4ccccn34)ncc(Nc3ccc(N4CCNCC4)cn3)c21. The third-order valence-electron chi connectivity index (χ3n) is 18.9. The van der Waals surface area contributed by atoms with Gasteiger partial charge in [-0.1, -0.05) is 24.3 Å². The molecule has 0 atom stereocenters. The number of aromatic nitrogens is 11. The summed E-state index contributed by atoms with van der Waals surface area (Å²) in [4.78, 5) is 79.4. The van der Waals surface area contributed by atoms with E-state index in [-0.39, 0.29) is 17.7 Å². The first-order valence-electron chi connectivity index (χ1n) is 33.0.